The van der Waals surface area contributed by atoms with E-state index >= 15 is 0 Å². The average Bonchev–Trinajstić information content (AvgIpc) is 2.59. The van der Waals surface area contributed by atoms with Crippen LogP contribution in [-0.4, -0.2) is 39.5 Å². The van der Waals surface area contributed by atoms with Crippen molar-refractivity contribution in [2.24, 2.45) is 0 Å². The fourth-order valence-electron chi connectivity index (χ4n) is 2.32. The summed E-state index contributed by atoms with van der Waals surface area (Å²) in [5.41, 5.74) is 0. The van der Waals surface area contributed by atoms with Gasteiger partial charge in [-0.1, -0.05) is 58.0 Å². The van der Waals surface area contributed by atoms with E-state index in [-0.39, 0.29) is 18.4 Å². The highest BCUT2D eigenvalue weighted by molar-refractivity contribution is 7.64. The Morgan fingerprint density at radius 2 is 1.04 bits per heavy atom. The van der Waals surface area contributed by atoms with E-state index in [0.717, 1.165) is 12.8 Å². The third-order valence-electron chi connectivity index (χ3n) is 3.97. The van der Waals surface area contributed by atoms with Gasteiger partial charge in [0.05, 0.1) is 14.2 Å². The summed E-state index contributed by atoms with van der Waals surface area (Å²) in [6.45, 7) is 4.44. The van der Waals surface area contributed by atoms with Crippen molar-refractivity contribution in [1.29, 1.82) is 0 Å². The number of halogens is 4. The van der Waals surface area contributed by atoms with Crippen LogP contribution in [0.25, 0.3) is 0 Å². The van der Waals surface area contributed by atoms with E-state index in [1.807, 2.05) is 0 Å². The second-order valence-electron chi connectivity index (χ2n) is 7.31. The molecule has 0 radical (unpaired) electrons. The Morgan fingerprint density at radius 3 is 1.43 bits per heavy atom. The van der Waals surface area contributed by atoms with Crippen molar-refractivity contribution in [3.63, 3.8) is 0 Å². The Bertz CT molecular complexity index is 413. The van der Waals surface area contributed by atoms with Crippen molar-refractivity contribution in [3.05, 3.63) is 0 Å². The van der Waals surface area contributed by atoms with Gasteiger partial charge in [0.2, 0.25) is 0 Å². The lowest BCUT2D eigenvalue weighted by Gasteiger charge is -2.11. The molecule has 0 rings (SSSR count). The van der Waals surface area contributed by atoms with E-state index in [1.54, 1.807) is 0 Å². The molecule has 0 N–H and O–H groups in total. The van der Waals surface area contributed by atoms with Crippen LogP contribution in [0.2, 0.25) is 25.2 Å². The van der Waals surface area contributed by atoms with Gasteiger partial charge in [0, 0.05) is 12.8 Å². The molecule has 0 fully saturated rings. The molecule has 0 spiro atoms. The first-order valence-electron chi connectivity index (χ1n) is 9.80. The molecule has 0 unspecified atom stereocenters. The molecule has 168 valence electrons. The lowest BCUT2D eigenvalue weighted by Crippen LogP contribution is -2.14. The number of rotatable bonds is 14. The number of methoxy groups -OCH3 is 2. The van der Waals surface area contributed by atoms with Crippen LogP contribution in [0.3, 0.4) is 0 Å². The largest absolute Gasteiger partial charge is 0.469 e. The molecular weight excluding hydrogens is 478 g/mol. The smallest absolute Gasteiger partial charge is 0.341 e. The maximum atomic E-state index is 10.9. The molecule has 0 saturated carbocycles. The first kappa shape index (κ1) is 30.7. The van der Waals surface area contributed by atoms with Crippen LogP contribution in [0, 0.1) is 0 Å². The molecule has 28 heavy (non-hydrogen) atoms. The van der Waals surface area contributed by atoms with Crippen molar-refractivity contribution >= 4 is 69.6 Å². The van der Waals surface area contributed by atoms with E-state index in [4.69, 9.17) is 44.3 Å². The minimum atomic E-state index is -2.62. The zero-order chi connectivity index (χ0) is 22.1. The maximum absolute atomic E-state index is 10.9. The minimum Gasteiger partial charge on any atom is -0.469 e. The van der Waals surface area contributed by atoms with E-state index in [9.17, 15) is 9.59 Å². The summed E-state index contributed by atoms with van der Waals surface area (Å²) in [5.74, 6) is -0.415. The number of carbonyl (C=O) groups is 2. The van der Waals surface area contributed by atoms with E-state index in [2.05, 4.69) is 22.6 Å². The van der Waals surface area contributed by atoms with Crippen LogP contribution < -0.4 is 0 Å². The Hall–Kier alpha value is 0.534. The molecule has 10 heteroatoms. The zero-order valence-corrected chi connectivity index (χ0v) is 22.7. The highest BCUT2D eigenvalue weighted by Gasteiger charge is 2.25. The Labute approximate surface area is 191 Å². The number of ether oxygens (including phenoxy) is 2. The van der Waals surface area contributed by atoms with E-state index in [1.165, 1.54) is 58.8 Å². The maximum Gasteiger partial charge on any atom is 0.341 e. The summed E-state index contributed by atoms with van der Waals surface area (Å²) in [6, 6.07) is -1.05. The number of unbranched alkanes of at least 4 members (excludes halogenated alkanes) is 7. The lowest BCUT2D eigenvalue weighted by atomic mass is 10.1. The van der Waals surface area contributed by atoms with Gasteiger partial charge in [-0.05, 0) is 18.5 Å². The SMILES string of the molecule is COC(=O)CCCCCCCCCC[Si](C)(C)Cl.COC(=O)CC[Si](Cl)(Cl)Cl. The minimum absolute atomic E-state index is 0.0807. The molecule has 0 aliphatic carbocycles. The molecule has 0 aliphatic rings. The highest BCUT2D eigenvalue weighted by atomic mass is 35.8. The molecule has 0 amide bonds. The predicted octanol–water partition coefficient (Wildman–Crippen LogP) is 7.32. The molecule has 0 bridgehead atoms. The second-order valence-corrected chi connectivity index (χ2v) is 23.6. The summed E-state index contributed by atoms with van der Waals surface area (Å²) < 4.78 is 8.96. The van der Waals surface area contributed by atoms with Crippen LogP contribution in [0.5, 0.6) is 0 Å². The number of hydrogen-bond acceptors (Lipinski definition) is 4. The summed E-state index contributed by atoms with van der Waals surface area (Å²) in [4.78, 5) is 21.4. The molecule has 0 aromatic rings. The highest BCUT2D eigenvalue weighted by Crippen LogP contribution is 2.26. The Kier molecular flexibility index (Phi) is 20.1. The molecular formula is C18H36Cl4O4Si2. The van der Waals surface area contributed by atoms with Crippen LogP contribution in [-0.2, 0) is 19.1 Å². The second kappa shape index (κ2) is 18.3. The molecule has 0 atom stereocenters. The normalized spacial score (nSPS) is 11.4. The predicted molar refractivity (Wildman–Crippen MR) is 126 cm³/mol. The number of esters is 2. The first-order chi connectivity index (χ1) is 12.9. The van der Waals surface area contributed by atoms with E-state index < -0.39 is 13.4 Å². The van der Waals surface area contributed by atoms with E-state index in [0.29, 0.717) is 12.5 Å². The third kappa shape index (κ3) is 28.7. The summed E-state index contributed by atoms with van der Waals surface area (Å²) in [7, 11) is 1.43. The van der Waals surface area contributed by atoms with Gasteiger partial charge in [0.15, 0.2) is 0 Å². The molecule has 4 nitrogen and oxygen atoms in total. The standard InChI is InChI=1S/C14H29ClO2Si.C4H7Cl3O2Si/c1-17-14(16)12-10-8-6-4-5-7-9-11-13-18(2,3)15;1-9-4(8)2-3-10(5,6)7/h4-13H2,1-3H3;2-3H2,1H3. The average molecular weight is 514 g/mol. The molecule has 0 aromatic heterocycles. The molecule has 0 aromatic carbocycles. The van der Waals surface area contributed by atoms with Crippen molar-refractivity contribution in [1.82, 2.24) is 0 Å². The van der Waals surface area contributed by atoms with Gasteiger partial charge in [0.25, 0.3) is 0 Å². The Balaban J connectivity index is 0. The summed E-state index contributed by atoms with van der Waals surface area (Å²) >= 11 is 22.8. The monoisotopic (exact) mass is 512 g/mol. The Morgan fingerprint density at radius 1 is 0.643 bits per heavy atom. The van der Waals surface area contributed by atoms with Crippen molar-refractivity contribution in [3.8, 4) is 0 Å². The fourth-order valence-corrected chi connectivity index (χ4v) is 5.15. The van der Waals surface area contributed by atoms with Gasteiger partial charge in [-0.25, -0.2) is 0 Å². The van der Waals surface area contributed by atoms with Crippen molar-refractivity contribution in [2.75, 3.05) is 14.2 Å². The van der Waals surface area contributed by atoms with Gasteiger partial charge >= 0.3 is 17.9 Å². The van der Waals surface area contributed by atoms with Gasteiger partial charge in [0.1, 0.15) is 7.38 Å². The zero-order valence-electron chi connectivity index (χ0n) is 17.6. The van der Waals surface area contributed by atoms with Crippen LogP contribution in [0.1, 0.15) is 64.2 Å². The lowest BCUT2D eigenvalue weighted by molar-refractivity contribution is -0.141. The molecule has 0 saturated heterocycles. The van der Waals surface area contributed by atoms with Crippen molar-refractivity contribution < 1.29 is 19.1 Å². The molecule has 0 heterocycles. The number of hydrogen-bond donors (Lipinski definition) is 0. The van der Waals surface area contributed by atoms with Crippen LogP contribution in [0.4, 0.5) is 0 Å². The summed E-state index contributed by atoms with van der Waals surface area (Å²) in [6.07, 6.45) is 10.7. The first-order valence-corrected chi connectivity index (χ1v) is 19.3. The van der Waals surface area contributed by atoms with Gasteiger partial charge in [-0.15, -0.1) is 33.2 Å². The van der Waals surface area contributed by atoms with Crippen LogP contribution >= 0.6 is 44.3 Å². The summed E-state index contributed by atoms with van der Waals surface area (Å²) in [5, 5.41) is 0. The van der Waals surface area contributed by atoms with Gasteiger partial charge < -0.3 is 9.47 Å². The number of carbonyl (C=O) groups excluding carboxylic acids is 2. The van der Waals surface area contributed by atoms with Crippen LogP contribution in [0.15, 0.2) is 0 Å². The van der Waals surface area contributed by atoms with Crippen molar-refractivity contribution in [2.45, 2.75) is 89.4 Å². The quantitative estimate of drug-likeness (QED) is 0.106. The fraction of sp³-hybridized carbons (Fsp3) is 0.889. The third-order valence-corrected chi connectivity index (χ3v) is 8.60. The van der Waals surface area contributed by atoms with Gasteiger partial charge in [-0.2, -0.15) is 11.1 Å². The van der Waals surface area contributed by atoms with Gasteiger partial charge in [-0.3, -0.25) is 9.59 Å². The molecule has 0 aliphatic heterocycles. The topological polar surface area (TPSA) is 52.6 Å².